The third-order valence-electron chi connectivity index (χ3n) is 5.50. The summed E-state index contributed by atoms with van der Waals surface area (Å²) in [5, 5.41) is 3.40. The zero-order valence-corrected chi connectivity index (χ0v) is 21.3. The molecule has 0 aliphatic rings. The normalized spacial score (nSPS) is 13.4. The van der Waals surface area contributed by atoms with Crippen molar-refractivity contribution in [2.24, 2.45) is 0 Å². The summed E-state index contributed by atoms with van der Waals surface area (Å²) in [7, 11) is -2.51. The zero-order valence-electron chi connectivity index (χ0n) is 19.7. The van der Waals surface area contributed by atoms with Crippen molar-refractivity contribution in [2.45, 2.75) is 57.6 Å². The molecule has 1 N–H and O–H groups in total. The van der Waals surface area contributed by atoms with Crippen LogP contribution < -0.4 is 5.32 Å². The Morgan fingerprint density at radius 1 is 1.09 bits per heavy atom. The van der Waals surface area contributed by atoms with E-state index in [0.29, 0.717) is 5.02 Å². The molecule has 7 nitrogen and oxygen atoms in total. The van der Waals surface area contributed by atoms with Crippen molar-refractivity contribution < 1.29 is 18.0 Å². The van der Waals surface area contributed by atoms with Gasteiger partial charge in [-0.05, 0) is 57.0 Å². The van der Waals surface area contributed by atoms with Crippen LogP contribution in [-0.2, 0) is 26.2 Å². The number of sulfonamides is 1. The number of carbonyl (C=O) groups is 2. The number of carbonyl (C=O) groups excluding carboxylic acids is 2. The van der Waals surface area contributed by atoms with E-state index in [2.05, 4.69) is 5.32 Å². The molecule has 0 aliphatic heterocycles. The van der Waals surface area contributed by atoms with E-state index >= 15 is 0 Å². The lowest BCUT2D eigenvalue weighted by Gasteiger charge is -2.31. The molecule has 9 heteroatoms. The summed E-state index contributed by atoms with van der Waals surface area (Å²) < 4.78 is 26.9. The fraction of sp³-hybridized carbons (Fsp3) is 0.417. The second kappa shape index (κ2) is 11.6. The highest BCUT2D eigenvalue weighted by molar-refractivity contribution is 7.89. The van der Waals surface area contributed by atoms with Crippen LogP contribution in [0.1, 0.15) is 38.3 Å². The van der Waals surface area contributed by atoms with Gasteiger partial charge in [-0.2, -0.15) is 4.31 Å². The van der Waals surface area contributed by atoms with Crippen LogP contribution in [0.5, 0.6) is 0 Å². The van der Waals surface area contributed by atoms with Gasteiger partial charge in [-0.1, -0.05) is 48.4 Å². The number of amides is 2. The lowest BCUT2D eigenvalue weighted by atomic mass is 10.1. The lowest BCUT2D eigenvalue weighted by Crippen LogP contribution is -2.51. The van der Waals surface area contributed by atoms with Crippen LogP contribution in [0.15, 0.2) is 53.4 Å². The van der Waals surface area contributed by atoms with Gasteiger partial charge in [0.25, 0.3) is 0 Å². The molecule has 180 valence electrons. The number of benzene rings is 2. The van der Waals surface area contributed by atoms with Gasteiger partial charge in [-0.15, -0.1) is 0 Å². The molecule has 2 amide bonds. The first kappa shape index (κ1) is 26.8. The van der Waals surface area contributed by atoms with Crippen molar-refractivity contribution in [2.75, 3.05) is 13.6 Å². The highest BCUT2D eigenvalue weighted by Crippen LogP contribution is 2.18. The zero-order chi connectivity index (χ0) is 24.8. The molecule has 2 aromatic rings. The highest BCUT2D eigenvalue weighted by Gasteiger charge is 2.30. The molecule has 2 atom stereocenters. The highest BCUT2D eigenvalue weighted by atomic mass is 35.5. The van der Waals surface area contributed by atoms with Crippen molar-refractivity contribution in [3.05, 3.63) is 64.7 Å². The molecule has 0 aliphatic carbocycles. The van der Waals surface area contributed by atoms with E-state index in [9.17, 15) is 18.0 Å². The number of hydrogen-bond donors (Lipinski definition) is 1. The average molecular weight is 494 g/mol. The molecule has 2 rings (SSSR count). The van der Waals surface area contributed by atoms with Crippen molar-refractivity contribution in [1.82, 2.24) is 14.5 Å². The van der Waals surface area contributed by atoms with Crippen LogP contribution in [-0.4, -0.2) is 55.1 Å². The molecule has 0 fully saturated rings. The second-order valence-corrected chi connectivity index (χ2v) is 10.7. The molecule has 0 aromatic heterocycles. The monoisotopic (exact) mass is 493 g/mol. The minimum atomic E-state index is -3.87. The smallest absolute Gasteiger partial charge is 0.243 e. The molecule has 0 saturated carbocycles. The molecule has 0 bridgehead atoms. The molecule has 0 spiro atoms. The van der Waals surface area contributed by atoms with Crippen LogP contribution in [0, 0.1) is 6.92 Å². The van der Waals surface area contributed by atoms with Crippen LogP contribution >= 0.6 is 11.6 Å². The van der Waals surface area contributed by atoms with E-state index in [-0.39, 0.29) is 23.4 Å². The Hall–Kier alpha value is -2.42. The molecule has 0 saturated heterocycles. The maximum absolute atomic E-state index is 13.3. The van der Waals surface area contributed by atoms with Crippen LogP contribution in [0.25, 0.3) is 0 Å². The summed E-state index contributed by atoms with van der Waals surface area (Å²) in [5.41, 5.74) is 1.67. The Balaban J connectivity index is 2.27. The summed E-state index contributed by atoms with van der Waals surface area (Å²) in [5.74, 6) is -0.788. The summed E-state index contributed by atoms with van der Waals surface area (Å²) in [4.78, 5) is 27.6. The van der Waals surface area contributed by atoms with Gasteiger partial charge < -0.3 is 10.2 Å². The van der Waals surface area contributed by atoms with Crippen molar-refractivity contribution in [3.8, 4) is 0 Å². The quantitative estimate of drug-likeness (QED) is 0.547. The third-order valence-corrected chi connectivity index (χ3v) is 7.55. The topological polar surface area (TPSA) is 86.8 Å². The van der Waals surface area contributed by atoms with Crippen molar-refractivity contribution >= 4 is 33.4 Å². The fourth-order valence-electron chi connectivity index (χ4n) is 3.14. The number of nitrogens with one attached hydrogen (secondary N) is 1. The van der Waals surface area contributed by atoms with E-state index in [4.69, 9.17) is 11.6 Å². The third kappa shape index (κ3) is 7.28. The summed E-state index contributed by atoms with van der Waals surface area (Å²) in [6.07, 6.45) is 0.748. The summed E-state index contributed by atoms with van der Waals surface area (Å²) in [6.45, 7) is 7.05. The Bertz CT molecular complexity index is 1070. The minimum absolute atomic E-state index is 0.0485. The van der Waals surface area contributed by atoms with Crippen molar-refractivity contribution in [1.29, 1.82) is 0 Å². The summed E-state index contributed by atoms with van der Waals surface area (Å²) >= 11 is 6.09. The SMILES string of the molecule is CCC(C)NC(=O)C(C)N(Cc1cccc(Cl)c1)C(=O)CN(C)S(=O)(=O)c1ccc(C)cc1. The molecular formula is C24H32ClN3O4S. The van der Waals surface area contributed by atoms with Crippen LogP contribution in [0.2, 0.25) is 5.02 Å². The Labute approximate surface area is 201 Å². The molecule has 0 radical (unpaired) electrons. The minimum Gasteiger partial charge on any atom is -0.352 e. The van der Waals surface area contributed by atoms with Crippen LogP contribution in [0.4, 0.5) is 0 Å². The number of hydrogen-bond acceptors (Lipinski definition) is 4. The summed E-state index contributed by atoms with van der Waals surface area (Å²) in [6, 6.07) is 12.6. The van der Waals surface area contributed by atoms with E-state index < -0.39 is 28.5 Å². The predicted molar refractivity (Wildman–Crippen MR) is 130 cm³/mol. The van der Waals surface area contributed by atoms with Gasteiger partial charge in [0, 0.05) is 24.7 Å². The number of rotatable bonds is 10. The molecule has 2 unspecified atom stereocenters. The van der Waals surface area contributed by atoms with Gasteiger partial charge in [0.2, 0.25) is 21.8 Å². The van der Waals surface area contributed by atoms with Gasteiger partial charge >= 0.3 is 0 Å². The standard InChI is InChI=1S/C24H32ClN3O4S/c1-6-18(3)26-24(30)19(4)28(15-20-8-7-9-21(25)14-20)23(29)16-27(5)33(31,32)22-12-10-17(2)11-13-22/h7-14,18-19H,6,15-16H2,1-5H3,(H,26,30). The maximum Gasteiger partial charge on any atom is 0.243 e. The second-order valence-electron chi connectivity index (χ2n) is 8.22. The van der Waals surface area contributed by atoms with E-state index in [1.807, 2.05) is 20.8 Å². The number of likely N-dealkylation sites (N-methyl/N-ethyl adjacent to an activating group) is 1. The van der Waals surface area contributed by atoms with Gasteiger partial charge in [0.15, 0.2) is 0 Å². The number of nitrogens with zero attached hydrogens (tertiary/aromatic N) is 2. The Kier molecular flexibility index (Phi) is 9.46. The van der Waals surface area contributed by atoms with E-state index in [1.165, 1.54) is 24.1 Å². The van der Waals surface area contributed by atoms with E-state index in [0.717, 1.165) is 21.9 Å². The first-order chi connectivity index (χ1) is 15.4. The first-order valence-corrected chi connectivity index (χ1v) is 12.6. The molecular weight excluding hydrogens is 462 g/mol. The molecule has 0 heterocycles. The Morgan fingerprint density at radius 2 is 1.73 bits per heavy atom. The fourth-order valence-corrected chi connectivity index (χ4v) is 4.47. The van der Waals surface area contributed by atoms with Crippen molar-refractivity contribution in [3.63, 3.8) is 0 Å². The number of aryl methyl sites for hydroxylation is 1. The van der Waals surface area contributed by atoms with Gasteiger partial charge in [-0.25, -0.2) is 8.42 Å². The van der Waals surface area contributed by atoms with E-state index in [1.54, 1.807) is 43.3 Å². The number of halogens is 1. The predicted octanol–water partition coefficient (Wildman–Crippen LogP) is 3.60. The largest absolute Gasteiger partial charge is 0.352 e. The van der Waals surface area contributed by atoms with Gasteiger partial charge in [0.05, 0.1) is 11.4 Å². The Morgan fingerprint density at radius 3 is 2.30 bits per heavy atom. The average Bonchev–Trinajstić information content (AvgIpc) is 2.77. The maximum atomic E-state index is 13.3. The lowest BCUT2D eigenvalue weighted by molar-refractivity contribution is -0.140. The van der Waals surface area contributed by atoms with Gasteiger partial charge in [0.1, 0.15) is 6.04 Å². The van der Waals surface area contributed by atoms with Crippen LogP contribution in [0.3, 0.4) is 0 Å². The molecule has 33 heavy (non-hydrogen) atoms. The van der Waals surface area contributed by atoms with Gasteiger partial charge in [-0.3, -0.25) is 9.59 Å². The first-order valence-electron chi connectivity index (χ1n) is 10.8. The molecule has 2 aromatic carbocycles.